The molecule has 0 radical (unpaired) electrons. The first-order chi connectivity index (χ1) is 17.3. The predicted molar refractivity (Wildman–Crippen MR) is 127 cm³/mol. The second-order valence-electron chi connectivity index (χ2n) is 11.1. The van der Waals surface area contributed by atoms with Gasteiger partial charge in [0.05, 0.1) is 6.07 Å². The van der Waals surface area contributed by atoms with E-state index in [0.717, 1.165) is 27.8 Å². The Hall–Kier alpha value is -2.79. The molecule has 0 heterocycles. The minimum atomic E-state index is -5.87. The first kappa shape index (κ1) is 25.8. The number of aliphatic hydroxyl groups is 1. The highest BCUT2D eigenvalue weighted by atomic mass is 19.4. The van der Waals surface area contributed by atoms with E-state index in [1.54, 1.807) is 24.3 Å². The molecule has 0 spiro atoms. The van der Waals surface area contributed by atoms with E-state index in [-0.39, 0.29) is 24.5 Å². The minimum Gasteiger partial charge on any atom is -0.383 e. The number of ketones is 1. The summed E-state index contributed by atoms with van der Waals surface area (Å²) in [6, 6.07) is 9.12. The van der Waals surface area contributed by atoms with Gasteiger partial charge in [-0.05, 0) is 84.8 Å². The van der Waals surface area contributed by atoms with Gasteiger partial charge in [0, 0.05) is 23.8 Å². The summed E-state index contributed by atoms with van der Waals surface area (Å²) < 4.78 is 70.9. The highest BCUT2D eigenvalue weighted by molar-refractivity contribution is 5.93. The van der Waals surface area contributed by atoms with Crippen molar-refractivity contribution in [2.75, 3.05) is 0 Å². The van der Waals surface area contributed by atoms with E-state index in [9.17, 15) is 23.1 Å². The molecular weight excluding hydrogens is 489 g/mol. The number of allylic oxidation sites excluding steroid dienone is 5. The lowest BCUT2D eigenvalue weighted by atomic mass is 9.50. The van der Waals surface area contributed by atoms with Gasteiger partial charge in [-0.15, -0.1) is 0 Å². The van der Waals surface area contributed by atoms with Crippen molar-refractivity contribution in [2.24, 2.45) is 17.3 Å². The summed E-state index contributed by atoms with van der Waals surface area (Å²) in [6.07, 6.45) is 0.155. The lowest BCUT2D eigenvalue weighted by molar-refractivity contribution is -0.362. The lowest BCUT2D eigenvalue weighted by Crippen LogP contribution is -2.65. The molecule has 0 aromatic heterocycles. The van der Waals surface area contributed by atoms with Crippen molar-refractivity contribution < 1.29 is 31.9 Å². The molecule has 5 rings (SSSR count). The van der Waals surface area contributed by atoms with Crippen LogP contribution in [0.3, 0.4) is 0 Å². The Morgan fingerprint density at radius 1 is 1.08 bits per heavy atom. The van der Waals surface area contributed by atoms with Crippen molar-refractivity contribution in [3.8, 4) is 6.07 Å². The third-order valence-electron chi connectivity index (χ3n) is 9.45. The molecule has 3 nitrogen and oxygen atoms in total. The molecule has 4 aliphatic carbocycles. The number of fused-ring (bicyclic) bond motifs is 4. The highest BCUT2D eigenvalue weighted by Crippen LogP contribution is 2.70. The van der Waals surface area contributed by atoms with E-state index in [1.807, 2.05) is 18.2 Å². The van der Waals surface area contributed by atoms with Gasteiger partial charge in [-0.1, -0.05) is 36.8 Å². The number of alkyl halides is 5. The molecule has 4 aliphatic rings. The summed E-state index contributed by atoms with van der Waals surface area (Å²) >= 11 is 0. The molecule has 0 amide bonds. The summed E-state index contributed by atoms with van der Waals surface area (Å²) in [5.41, 5.74) is -0.348. The molecule has 2 saturated carbocycles. The van der Waals surface area contributed by atoms with Crippen LogP contribution in [0.5, 0.6) is 0 Å². The van der Waals surface area contributed by atoms with E-state index in [1.165, 1.54) is 13.0 Å². The molecule has 0 bridgehead atoms. The SMILES string of the molecule is C[C@]12C[C@H](c3ccc(/C=C/C#N)cc3)C3=C4CCC(=O)C=C4CC[C@H]3[C@@H]1CC[C@@]2(O)C(F)(F)C(F)(F)F. The van der Waals surface area contributed by atoms with E-state index in [4.69, 9.17) is 5.26 Å². The quantitative estimate of drug-likeness (QED) is 0.345. The summed E-state index contributed by atoms with van der Waals surface area (Å²) in [5, 5.41) is 20.1. The van der Waals surface area contributed by atoms with E-state index >= 15 is 8.78 Å². The Kier molecular flexibility index (Phi) is 6.02. The van der Waals surface area contributed by atoms with Gasteiger partial charge in [0.2, 0.25) is 0 Å². The van der Waals surface area contributed by atoms with Gasteiger partial charge >= 0.3 is 12.1 Å². The van der Waals surface area contributed by atoms with Gasteiger partial charge in [0.15, 0.2) is 5.78 Å². The van der Waals surface area contributed by atoms with Crippen LogP contribution in [-0.2, 0) is 4.79 Å². The maximum Gasteiger partial charge on any atom is 0.456 e. The molecular formula is C29H28F5NO2. The van der Waals surface area contributed by atoms with Crippen molar-refractivity contribution in [3.05, 3.63) is 64.3 Å². The Morgan fingerprint density at radius 2 is 1.78 bits per heavy atom. The second-order valence-corrected chi connectivity index (χ2v) is 11.1. The number of halogens is 5. The van der Waals surface area contributed by atoms with Crippen LogP contribution in [0.4, 0.5) is 22.0 Å². The molecule has 1 aromatic carbocycles. The molecule has 0 unspecified atom stereocenters. The van der Waals surface area contributed by atoms with Crippen molar-refractivity contribution in [3.63, 3.8) is 0 Å². The molecule has 0 aliphatic heterocycles. The van der Waals surface area contributed by atoms with Crippen LogP contribution in [0.15, 0.2) is 53.1 Å². The molecule has 1 aromatic rings. The topological polar surface area (TPSA) is 61.1 Å². The van der Waals surface area contributed by atoms with Gasteiger partial charge in [-0.2, -0.15) is 27.2 Å². The Morgan fingerprint density at radius 3 is 2.43 bits per heavy atom. The van der Waals surface area contributed by atoms with Crippen LogP contribution in [0.25, 0.3) is 6.08 Å². The fourth-order valence-corrected chi connectivity index (χ4v) is 7.69. The predicted octanol–water partition coefficient (Wildman–Crippen LogP) is 7.05. The average molecular weight is 518 g/mol. The summed E-state index contributed by atoms with van der Waals surface area (Å²) in [4.78, 5) is 12.1. The van der Waals surface area contributed by atoms with Crippen molar-refractivity contribution >= 4 is 11.9 Å². The molecule has 0 saturated heterocycles. The van der Waals surface area contributed by atoms with Crippen molar-refractivity contribution in [1.82, 2.24) is 0 Å². The van der Waals surface area contributed by atoms with E-state index < -0.39 is 41.4 Å². The monoisotopic (exact) mass is 517 g/mol. The molecule has 5 atom stereocenters. The van der Waals surface area contributed by atoms with Crippen molar-refractivity contribution in [1.29, 1.82) is 5.26 Å². The largest absolute Gasteiger partial charge is 0.456 e. The minimum absolute atomic E-state index is 0.0451. The number of benzene rings is 1. The fourth-order valence-electron chi connectivity index (χ4n) is 7.69. The summed E-state index contributed by atoms with van der Waals surface area (Å²) in [6.45, 7) is 1.42. The fraction of sp³-hybridized carbons (Fsp3) is 0.517. The standard InChI is InChI=1S/C29H28F5NO2/c1-26-16-23(18-6-4-17(5-7-18)3-2-14-35)25-21-11-9-20(36)15-19(21)8-10-22(25)24(26)12-13-27(26,37)28(30,31)29(32,33)34/h2-7,15,22-24,37H,8-13,16H2,1H3/b3-2+/t22-,23+,24-,26-,27-/m0/s1. The number of rotatable bonds is 3. The number of nitrogens with zero attached hydrogens (tertiary/aromatic N) is 1. The van der Waals surface area contributed by atoms with Gasteiger partial charge in [0.1, 0.15) is 5.60 Å². The normalized spacial score (nSPS) is 34.1. The second kappa shape index (κ2) is 8.62. The maximum absolute atomic E-state index is 15.0. The third kappa shape index (κ3) is 3.72. The number of hydrogen-bond acceptors (Lipinski definition) is 3. The third-order valence-corrected chi connectivity index (χ3v) is 9.45. The summed E-state index contributed by atoms with van der Waals surface area (Å²) in [7, 11) is 0. The molecule has 1 N–H and O–H groups in total. The number of carbonyl (C=O) groups is 1. The van der Waals surface area contributed by atoms with Gasteiger partial charge in [-0.3, -0.25) is 4.79 Å². The summed E-state index contributed by atoms with van der Waals surface area (Å²) in [5.74, 6) is -6.45. The molecule has 37 heavy (non-hydrogen) atoms. The van der Waals surface area contributed by atoms with E-state index in [2.05, 4.69) is 0 Å². The zero-order valence-corrected chi connectivity index (χ0v) is 20.4. The van der Waals surface area contributed by atoms with Crippen LogP contribution >= 0.6 is 0 Å². The van der Waals surface area contributed by atoms with Crippen LogP contribution in [0.2, 0.25) is 0 Å². The first-order valence-corrected chi connectivity index (χ1v) is 12.6. The van der Waals surface area contributed by atoms with Gasteiger partial charge in [-0.25, -0.2) is 0 Å². The molecule has 196 valence electrons. The molecule has 2 fully saturated rings. The number of carbonyl (C=O) groups excluding carboxylic acids is 1. The average Bonchev–Trinajstić information content (AvgIpc) is 3.13. The Bertz CT molecular complexity index is 1250. The zero-order valence-electron chi connectivity index (χ0n) is 20.4. The Balaban J connectivity index is 1.67. The van der Waals surface area contributed by atoms with Gasteiger partial charge in [0.25, 0.3) is 0 Å². The maximum atomic E-state index is 15.0. The van der Waals surface area contributed by atoms with Crippen LogP contribution < -0.4 is 0 Å². The zero-order chi connectivity index (χ0) is 26.8. The number of hydrogen-bond donors (Lipinski definition) is 1. The lowest BCUT2D eigenvalue weighted by Gasteiger charge is -2.56. The molecule has 8 heteroatoms. The van der Waals surface area contributed by atoms with Crippen LogP contribution in [-0.4, -0.2) is 28.6 Å². The Labute approximate surface area is 212 Å². The van der Waals surface area contributed by atoms with Gasteiger partial charge < -0.3 is 5.11 Å². The number of nitriles is 1. The first-order valence-electron chi connectivity index (χ1n) is 12.6. The smallest absolute Gasteiger partial charge is 0.383 e. The van der Waals surface area contributed by atoms with Crippen LogP contribution in [0.1, 0.15) is 68.9 Å². The van der Waals surface area contributed by atoms with Crippen molar-refractivity contribution in [2.45, 2.75) is 75.5 Å². The van der Waals surface area contributed by atoms with E-state index in [0.29, 0.717) is 25.7 Å². The highest BCUT2D eigenvalue weighted by Gasteiger charge is 2.79. The van der Waals surface area contributed by atoms with Crippen LogP contribution in [0, 0.1) is 28.6 Å².